The van der Waals surface area contributed by atoms with E-state index in [-0.39, 0.29) is 17.3 Å². The molecule has 0 radical (unpaired) electrons. The summed E-state index contributed by atoms with van der Waals surface area (Å²) in [6.45, 7) is 0.206. The van der Waals surface area contributed by atoms with Crippen LogP contribution in [0.1, 0.15) is 16.3 Å². The highest BCUT2D eigenvalue weighted by Gasteiger charge is 2.12. The van der Waals surface area contributed by atoms with Crippen LogP contribution in [0.2, 0.25) is 0 Å². The Morgan fingerprint density at radius 1 is 1.61 bits per heavy atom. The molecule has 18 heavy (non-hydrogen) atoms. The molecule has 0 saturated heterocycles. The SMILES string of the molecule is O=C(O)c1ccc(CNc2ncc([N+](=O)[O-])s2)o1. The van der Waals surface area contributed by atoms with Gasteiger partial charge in [-0.25, -0.2) is 9.78 Å². The zero-order chi connectivity index (χ0) is 13.1. The molecule has 0 aliphatic heterocycles. The van der Waals surface area contributed by atoms with E-state index in [0.717, 1.165) is 17.5 Å². The van der Waals surface area contributed by atoms with Crippen LogP contribution in [0.25, 0.3) is 0 Å². The molecule has 0 aliphatic carbocycles. The summed E-state index contributed by atoms with van der Waals surface area (Å²) >= 11 is 0.894. The lowest BCUT2D eigenvalue weighted by Gasteiger charge is -1.97. The third kappa shape index (κ3) is 2.63. The molecule has 2 N–H and O–H groups in total. The van der Waals surface area contributed by atoms with Gasteiger partial charge in [0.15, 0.2) is 5.13 Å². The highest BCUT2D eigenvalue weighted by molar-refractivity contribution is 7.18. The number of nitro groups is 1. The van der Waals surface area contributed by atoms with Crippen LogP contribution in [-0.2, 0) is 6.54 Å². The number of rotatable bonds is 5. The molecule has 0 aromatic carbocycles. The van der Waals surface area contributed by atoms with Gasteiger partial charge >= 0.3 is 11.0 Å². The molecule has 0 bridgehead atoms. The number of carboxylic acids is 1. The van der Waals surface area contributed by atoms with Crippen molar-refractivity contribution in [1.29, 1.82) is 0 Å². The summed E-state index contributed by atoms with van der Waals surface area (Å²) < 4.78 is 5.00. The Labute approximate surface area is 104 Å². The fraction of sp³-hybridized carbons (Fsp3) is 0.111. The average molecular weight is 269 g/mol. The maximum absolute atomic E-state index is 10.6. The highest BCUT2D eigenvalue weighted by Crippen LogP contribution is 2.25. The van der Waals surface area contributed by atoms with Gasteiger partial charge in [0.1, 0.15) is 12.0 Å². The predicted octanol–water partition coefficient (Wildman–Crippen LogP) is 1.95. The van der Waals surface area contributed by atoms with Gasteiger partial charge in [-0.15, -0.1) is 0 Å². The Balaban J connectivity index is 1.97. The van der Waals surface area contributed by atoms with Crippen molar-refractivity contribution in [2.24, 2.45) is 0 Å². The largest absolute Gasteiger partial charge is 0.475 e. The maximum Gasteiger partial charge on any atom is 0.371 e. The van der Waals surface area contributed by atoms with Crippen molar-refractivity contribution in [3.63, 3.8) is 0 Å². The van der Waals surface area contributed by atoms with Crippen LogP contribution in [0.15, 0.2) is 22.7 Å². The molecule has 0 saturated carbocycles. The van der Waals surface area contributed by atoms with Crippen LogP contribution in [-0.4, -0.2) is 21.0 Å². The van der Waals surface area contributed by atoms with Crippen molar-refractivity contribution in [1.82, 2.24) is 4.98 Å². The van der Waals surface area contributed by atoms with Gasteiger partial charge in [0.2, 0.25) is 5.76 Å². The van der Waals surface area contributed by atoms with E-state index >= 15 is 0 Å². The fourth-order valence-electron chi connectivity index (χ4n) is 1.18. The lowest BCUT2D eigenvalue weighted by Crippen LogP contribution is -1.97. The number of carboxylic acid groups (broad SMARTS) is 1. The van der Waals surface area contributed by atoms with Crippen LogP contribution in [0, 0.1) is 10.1 Å². The number of thiazole rings is 1. The van der Waals surface area contributed by atoms with Crippen LogP contribution in [0.4, 0.5) is 10.1 Å². The minimum atomic E-state index is -1.15. The molecule has 2 aromatic rings. The quantitative estimate of drug-likeness (QED) is 0.628. The third-order valence-corrected chi connectivity index (χ3v) is 2.87. The van der Waals surface area contributed by atoms with Crippen LogP contribution < -0.4 is 5.32 Å². The number of nitrogens with one attached hydrogen (secondary N) is 1. The number of hydrogen-bond donors (Lipinski definition) is 2. The predicted molar refractivity (Wildman–Crippen MR) is 61.8 cm³/mol. The van der Waals surface area contributed by atoms with E-state index < -0.39 is 10.9 Å². The van der Waals surface area contributed by atoms with Crippen LogP contribution in [0.3, 0.4) is 0 Å². The maximum atomic E-state index is 10.6. The van der Waals surface area contributed by atoms with Gasteiger partial charge in [-0.05, 0) is 23.5 Å². The Kier molecular flexibility index (Phi) is 3.24. The molecule has 0 amide bonds. The Morgan fingerprint density at radius 3 is 2.94 bits per heavy atom. The van der Waals surface area contributed by atoms with Crippen molar-refractivity contribution >= 4 is 27.4 Å². The lowest BCUT2D eigenvalue weighted by molar-refractivity contribution is -0.380. The average Bonchev–Trinajstić information content (AvgIpc) is 2.95. The first kappa shape index (κ1) is 12.0. The minimum Gasteiger partial charge on any atom is -0.475 e. The van der Waals surface area contributed by atoms with Crippen molar-refractivity contribution in [2.75, 3.05) is 5.32 Å². The fourth-order valence-corrected chi connectivity index (χ4v) is 1.81. The molecular formula is C9H7N3O5S. The number of anilines is 1. The molecule has 0 spiro atoms. The van der Waals surface area contributed by atoms with E-state index in [9.17, 15) is 14.9 Å². The summed E-state index contributed by atoms with van der Waals surface area (Å²) in [6.07, 6.45) is 1.15. The Hall–Kier alpha value is -2.42. The number of carbonyl (C=O) groups is 1. The van der Waals surface area contributed by atoms with E-state index in [2.05, 4.69) is 10.3 Å². The first-order valence-corrected chi connectivity index (χ1v) is 5.54. The molecule has 94 valence electrons. The van der Waals surface area contributed by atoms with Gasteiger partial charge in [-0.2, -0.15) is 0 Å². The summed E-state index contributed by atoms with van der Waals surface area (Å²) in [6, 6.07) is 2.85. The highest BCUT2D eigenvalue weighted by atomic mass is 32.1. The van der Waals surface area contributed by atoms with E-state index in [1.807, 2.05) is 0 Å². The summed E-state index contributed by atoms with van der Waals surface area (Å²) in [5, 5.41) is 22.2. The molecule has 2 rings (SSSR count). The number of furan rings is 1. The van der Waals surface area contributed by atoms with Gasteiger partial charge in [0.05, 0.1) is 11.5 Å². The van der Waals surface area contributed by atoms with Gasteiger partial charge in [-0.3, -0.25) is 10.1 Å². The van der Waals surface area contributed by atoms with Crippen molar-refractivity contribution < 1.29 is 19.2 Å². The van der Waals surface area contributed by atoms with E-state index in [0.29, 0.717) is 10.9 Å². The van der Waals surface area contributed by atoms with E-state index in [1.165, 1.54) is 12.1 Å². The van der Waals surface area contributed by atoms with Crippen LogP contribution in [0.5, 0.6) is 0 Å². The summed E-state index contributed by atoms with van der Waals surface area (Å²) in [5.41, 5.74) is 0. The lowest BCUT2D eigenvalue weighted by atomic mass is 10.4. The monoisotopic (exact) mass is 269 g/mol. The Morgan fingerprint density at radius 2 is 2.39 bits per heavy atom. The summed E-state index contributed by atoms with van der Waals surface area (Å²) in [7, 11) is 0. The standard InChI is InChI=1S/C9H7N3O5S/c13-8(14)6-2-1-5(17-6)3-10-9-11-4-7(18-9)12(15)16/h1-2,4H,3H2,(H,10,11)(H,13,14). The number of hydrogen-bond acceptors (Lipinski definition) is 7. The summed E-state index contributed by atoms with van der Waals surface area (Å²) in [5.74, 6) is -0.895. The number of nitrogens with zero attached hydrogens (tertiary/aromatic N) is 2. The molecule has 0 unspecified atom stereocenters. The van der Waals surface area contributed by atoms with Gasteiger partial charge < -0.3 is 14.8 Å². The normalized spacial score (nSPS) is 10.2. The van der Waals surface area contributed by atoms with E-state index in [4.69, 9.17) is 9.52 Å². The smallest absolute Gasteiger partial charge is 0.371 e. The molecule has 0 aliphatic rings. The van der Waals surface area contributed by atoms with Crippen molar-refractivity contribution in [3.8, 4) is 0 Å². The second kappa shape index (κ2) is 4.84. The molecule has 2 aromatic heterocycles. The summed E-state index contributed by atoms with van der Waals surface area (Å²) in [4.78, 5) is 24.3. The first-order valence-electron chi connectivity index (χ1n) is 4.72. The molecular weight excluding hydrogens is 262 g/mol. The first-order chi connectivity index (χ1) is 8.56. The van der Waals surface area contributed by atoms with Gasteiger partial charge in [-0.1, -0.05) is 0 Å². The zero-order valence-corrected chi connectivity index (χ0v) is 9.64. The molecule has 9 heteroatoms. The molecule has 0 fully saturated rings. The van der Waals surface area contributed by atoms with Crippen LogP contribution >= 0.6 is 11.3 Å². The molecule has 2 heterocycles. The molecule has 8 nitrogen and oxygen atoms in total. The van der Waals surface area contributed by atoms with E-state index in [1.54, 1.807) is 0 Å². The number of aromatic nitrogens is 1. The van der Waals surface area contributed by atoms with Gasteiger partial charge in [0.25, 0.3) is 0 Å². The second-order valence-corrected chi connectivity index (χ2v) is 4.19. The van der Waals surface area contributed by atoms with Crippen molar-refractivity contribution in [2.45, 2.75) is 6.54 Å². The van der Waals surface area contributed by atoms with Gasteiger partial charge in [0, 0.05) is 0 Å². The Bertz CT molecular complexity index is 538. The topological polar surface area (TPSA) is 119 Å². The second-order valence-electron chi connectivity index (χ2n) is 3.19. The minimum absolute atomic E-state index is 0.0665. The zero-order valence-electron chi connectivity index (χ0n) is 8.82. The number of aromatic carboxylic acids is 1. The third-order valence-electron chi connectivity index (χ3n) is 1.96. The van der Waals surface area contributed by atoms with Crippen molar-refractivity contribution in [3.05, 3.63) is 40.0 Å². The molecule has 0 atom stereocenters.